The molecule has 9 rings (SSSR count). The van der Waals surface area contributed by atoms with E-state index in [9.17, 15) is 23.7 Å². The minimum absolute atomic E-state index is 0.0707. The van der Waals surface area contributed by atoms with Crippen LogP contribution >= 0.6 is 23.1 Å². The van der Waals surface area contributed by atoms with Crippen LogP contribution in [-0.2, 0) is 14.2 Å². The van der Waals surface area contributed by atoms with Crippen LogP contribution in [0.15, 0.2) is 71.6 Å². The van der Waals surface area contributed by atoms with E-state index in [2.05, 4.69) is 79.4 Å². The maximum atomic E-state index is 13.5. The lowest BCUT2D eigenvalue weighted by Gasteiger charge is -2.43. The van der Waals surface area contributed by atoms with Crippen molar-refractivity contribution in [3.8, 4) is 17.6 Å². The zero-order valence-electron chi connectivity index (χ0n) is 36.8. The SMILES string of the molecule is COc1cc(N2CCC(N3CCN(CCC#Cc4cccc5c4C(=O)N(C4CCC(=O)NC4=O)C5=O)CC3)CC2)ccc1Nc1ncc(Br)c(Nc2ccc3nccnc3c2P(C)(C)=O)n1. The fraction of sp³-hybridized carbons (Fsp3) is 0.362. The van der Waals surface area contributed by atoms with Gasteiger partial charge in [0.05, 0.1) is 44.9 Å². The van der Waals surface area contributed by atoms with Gasteiger partial charge in [0, 0.05) is 101 Å². The van der Waals surface area contributed by atoms with Gasteiger partial charge in [-0.2, -0.15) is 4.98 Å². The van der Waals surface area contributed by atoms with Gasteiger partial charge in [-0.3, -0.25) is 49.2 Å². The maximum Gasteiger partial charge on any atom is 0.263 e. The van der Waals surface area contributed by atoms with Crippen LogP contribution < -0.4 is 30.9 Å². The molecule has 4 amide bonds. The molecule has 0 radical (unpaired) electrons. The number of benzene rings is 3. The molecule has 0 bridgehead atoms. The van der Waals surface area contributed by atoms with Crippen LogP contribution in [0.1, 0.15) is 58.4 Å². The van der Waals surface area contributed by atoms with Crippen molar-refractivity contribution >= 4 is 91.9 Å². The van der Waals surface area contributed by atoms with Crippen molar-refractivity contribution < 1.29 is 28.5 Å². The first kappa shape index (κ1) is 44.9. The molecule has 0 aliphatic carbocycles. The Hall–Kier alpha value is -6.25. The predicted octanol–water partition coefficient (Wildman–Crippen LogP) is 5.36. The highest BCUT2D eigenvalue weighted by atomic mass is 79.9. The first-order chi connectivity index (χ1) is 31.9. The van der Waals surface area contributed by atoms with Crippen molar-refractivity contribution in [2.24, 2.45) is 0 Å². The molecule has 4 aliphatic rings. The normalized spacial score (nSPS) is 18.5. The average molecular weight is 975 g/mol. The van der Waals surface area contributed by atoms with E-state index >= 15 is 0 Å². The topological polar surface area (TPSA) is 195 Å². The molecule has 340 valence electrons. The van der Waals surface area contributed by atoms with Crippen molar-refractivity contribution in [2.45, 2.75) is 44.2 Å². The van der Waals surface area contributed by atoms with Gasteiger partial charge >= 0.3 is 0 Å². The molecule has 5 aromatic rings. The first-order valence-electron chi connectivity index (χ1n) is 21.9. The van der Waals surface area contributed by atoms with E-state index in [0.29, 0.717) is 62.0 Å². The number of ether oxygens (including phenoxy) is 1. The Labute approximate surface area is 390 Å². The lowest BCUT2D eigenvalue weighted by Crippen LogP contribution is -2.54. The number of piperazine rings is 1. The van der Waals surface area contributed by atoms with Crippen LogP contribution in [0.25, 0.3) is 11.0 Å². The molecule has 3 saturated heterocycles. The maximum absolute atomic E-state index is 13.5. The van der Waals surface area contributed by atoms with Crippen LogP contribution in [-0.4, -0.2) is 137 Å². The number of halogens is 1. The zero-order valence-corrected chi connectivity index (χ0v) is 39.3. The van der Waals surface area contributed by atoms with Crippen molar-refractivity contribution in [3.63, 3.8) is 0 Å². The number of methoxy groups -OCH3 is 1. The molecule has 3 aromatic carbocycles. The third kappa shape index (κ3) is 9.26. The van der Waals surface area contributed by atoms with Crippen LogP contribution in [0.4, 0.5) is 28.8 Å². The number of fused-ring (bicyclic) bond motifs is 2. The Kier molecular flexibility index (Phi) is 12.9. The second-order valence-electron chi connectivity index (χ2n) is 17.1. The number of piperidine rings is 2. The molecule has 17 nitrogen and oxygen atoms in total. The number of aromatic nitrogens is 4. The monoisotopic (exact) mass is 973 g/mol. The van der Waals surface area contributed by atoms with Crippen molar-refractivity contribution in [1.29, 1.82) is 0 Å². The summed E-state index contributed by atoms with van der Waals surface area (Å²) in [5.41, 5.74) is 4.61. The summed E-state index contributed by atoms with van der Waals surface area (Å²) in [5, 5.41) is 9.51. The number of amides is 4. The van der Waals surface area contributed by atoms with Gasteiger partial charge in [0.1, 0.15) is 30.3 Å². The number of carbonyl (C=O) groups excluding carboxylic acids is 4. The molecule has 1 atom stereocenters. The molecule has 2 aromatic heterocycles. The standard InChI is InChI=1S/C47H49BrN11O6P/c1-65-38-27-31(10-11-34(38)53-47-51-28-33(48)43(55-47)52-36-13-12-35-41(50-19-18-49-35)42(36)66(2,3)64)57-21-16-30(17-22-57)58-25-23-56(24-26-58)20-5-4-7-29-8-6-9-32-40(29)46(63)59(45(32)62)37-14-15-39(60)54-44(37)61/h6,8-13,18-19,27-28,30,37H,5,14-17,20-26H2,1-3H3,(H,54,60,61)(H2,51,52,53,55). The number of nitrogens with one attached hydrogen (secondary N) is 3. The molecule has 4 aliphatic heterocycles. The van der Waals surface area contributed by atoms with E-state index in [0.717, 1.165) is 74.9 Å². The van der Waals surface area contributed by atoms with Crippen LogP contribution in [0, 0.1) is 11.8 Å². The van der Waals surface area contributed by atoms with Crippen LogP contribution in [0.2, 0.25) is 0 Å². The van der Waals surface area contributed by atoms with Crippen molar-refractivity contribution in [1.82, 2.24) is 40.0 Å². The van der Waals surface area contributed by atoms with E-state index < -0.39 is 36.8 Å². The highest BCUT2D eigenvalue weighted by Crippen LogP contribution is 2.42. The van der Waals surface area contributed by atoms with Gasteiger partial charge in [-0.05, 0) is 84.9 Å². The molecule has 3 fully saturated rings. The van der Waals surface area contributed by atoms with E-state index in [1.165, 1.54) is 0 Å². The minimum Gasteiger partial charge on any atom is -0.494 e. The number of nitrogens with zero attached hydrogens (tertiary/aromatic N) is 8. The average Bonchev–Trinajstić information content (AvgIpc) is 3.57. The third-order valence-electron chi connectivity index (χ3n) is 12.6. The van der Waals surface area contributed by atoms with Gasteiger partial charge in [0.25, 0.3) is 11.8 Å². The summed E-state index contributed by atoms with van der Waals surface area (Å²) in [6.07, 6.45) is 7.77. The molecule has 1 unspecified atom stereocenters. The lowest BCUT2D eigenvalue weighted by atomic mass is 10.0. The zero-order chi connectivity index (χ0) is 46.1. The summed E-state index contributed by atoms with van der Waals surface area (Å²) in [5.74, 6) is 5.72. The number of anilines is 5. The van der Waals surface area contributed by atoms with Gasteiger partial charge in [-0.25, -0.2) is 4.98 Å². The predicted molar refractivity (Wildman–Crippen MR) is 256 cm³/mol. The van der Waals surface area contributed by atoms with E-state index in [4.69, 9.17) is 9.72 Å². The smallest absolute Gasteiger partial charge is 0.263 e. The fourth-order valence-electron chi connectivity index (χ4n) is 9.24. The first-order valence-corrected chi connectivity index (χ1v) is 25.3. The highest BCUT2D eigenvalue weighted by Gasteiger charge is 2.45. The van der Waals surface area contributed by atoms with Crippen LogP contribution in [0.5, 0.6) is 5.75 Å². The Morgan fingerprint density at radius 3 is 2.42 bits per heavy atom. The second-order valence-corrected chi connectivity index (χ2v) is 21.1. The number of carbonyl (C=O) groups is 4. The Balaban J connectivity index is 0.761. The molecule has 0 spiro atoms. The number of rotatable bonds is 11. The molecule has 6 heterocycles. The van der Waals surface area contributed by atoms with E-state index in [1.807, 2.05) is 24.3 Å². The van der Waals surface area contributed by atoms with E-state index in [-0.39, 0.29) is 24.0 Å². The summed E-state index contributed by atoms with van der Waals surface area (Å²) in [4.78, 5) is 77.3. The molecule has 66 heavy (non-hydrogen) atoms. The molecular weight excluding hydrogens is 925 g/mol. The Morgan fingerprint density at radius 2 is 1.67 bits per heavy atom. The lowest BCUT2D eigenvalue weighted by molar-refractivity contribution is -0.136. The van der Waals surface area contributed by atoms with Gasteiger partial charge < -0.3 is 24.8 Å². The number of hydrogen-bond donors (Lipinski definition) is 3. The number of hydrogen-bond acceptors (Lipinski definition) is 15. The molecule has 3 N–H and O–H groups in total. The molecule has 19 heteroatoms. The van der Waals surface area contributed by atoms with Gasteiger partial charge in [-0.1, -0.05) is 17.9 Å². The van der Waals surface area contributed by atoms with Gasteiger partial charge in [0.15, 0.2) is 0 Å². The van der Waals surface area contributed by atoms with Crippen LogP contribution in [0.3, 0.4) is 0 Å². The minimum atomic E-state index is -2.78. The van der Waals surface area contributed by atoms with E-state index in [1.54, 1.807) is 57.2 Å². The number of imide groups is 2. The Bertz CT molecular complexity index is 2870. The summed E-state index contributed by atoms with van der Waals surface area (Å²) in [7, 11) is -1.13. The molecule has 0 saturated carbocycles. The second kappa shape index (κ2) is 18.9. The van der Waals surface area contributed by atoms with Crippen molar-refractivity contribution in [2.75, 3.05) is 81.8 Å². The summed E-state index contributed by atoms with van der Waals surface area (Å²) in [6, 6.07) is 14.3. The largest absolute Gasteiger partial charge is 0.494 e. The third-order valence-corrected chi connectivity index (χ3v) is 14.7. The Morgan fingerprint density at radius 1 is 0.894 bits per heavy atom. The quantitative estimate of drug-likeness (QED) is 0.0870. The fourth-order valence-corrected chi connectivity index (χ4v) is 10.9. The summed E-state index contributed by atoms with van der Waals surface area (Å²) in [6.45, 7) is 9.94. The summed E-state index contributed by atoms with van der Waals surface area (Å²) >= 11 is 3.57. The summed E-state index contributed by atoms with van der Waals surface area (Å²) < 4.78 is 20.0. The molecular formula is C47H49BrN11O6P. The van der Waals surface area contributed by atoms with Crippen molar-refractivity contribution in [3.05, 3.63) is 88.3 Å². The van der Waals surface area contributed by atoms with Gasteiger partial charge in [0.2, 0.25) is 17.8 Å². The highest BCUT2D eigenvalue weighted by molar-refractivity contribution is 9.10. The van der Waals surface area contributed by atoms with Gasteiger partial charge in [-0.15, -0.1) is 0 Å².